The Hall–Kier alpha value is -1.51. The minimum atomic E-state index is 0.0575. The number of anilines is 1. The largest absolute Gasteiger partial charge is 0.385 e. The van der Waals surface area contributed by atoms with Crippen molar-refractivity contribution in [1.29, 1.82) is 0 Å². The number of nitrogens with one attached hydrogen (secondary N) is 2. The second-order valence-electron chi connectivity index (χ2n) is 5.55. The van der Waals surface area contributed by atoms with Gasteiger partial charge in [-0.05, 0) is 49.9 Å². The average molecular weight is 260 g/mol. The molecule has 0 radical (unpaired) electrons. The highest BCUT2D eigenvalue weighted by Gasteiger charge is 2.20. The van der Waals surface area contributed by atoms with Crippen molar-refractivity contribution in [2.24, 2.45) is 5.92 Å². The van der Waals surface area contributed by atoms with Gasteiger partial charge in [-0.3, -0.25) is 4.79 Å². The summed E-state index contributed by atoms with van der Waals surface area (Å²) in [5.74, 6) is 0.789. The van der Waals surface area contributed by atoms with Crippen LogP contribution in [0.2, 0.25) is 0 Å². The summed E-state index contributed by atoms with van der Waals surface area (Å²) in [5, 5.41) is 6.39. The molecule has 0 heterocycles. The van der Waals surface area contributed by atoms with E-state index in [-0.39, 0.29) is 5.91 Å². The van der Waals surface area contributed by atoms with Crippen LogP contribution >= 0.6 is 0 Å². The summed E-state index contributed by atoms with van der Waals surface area (Å²) in [6, 6.07) is 8.05. The molecule has 104 valence electrons. The summed E-state index contributed by atoms with van der Waals surface area (Å²) in [7, 11) is 0. The fourth-order valence-corrected chi connectivity index (χ4v) is 2.78. The van der Waals surface area contributed by atoms with Crippen LogP contribution in [0.4, 0.5) is 5.69 Å². The maximum atomic E-state index is 12.2. The lowest BCUT2D eigenvalue weighted by Gasteiger charge is -2.27. The van der Waals surface area contributed by atoms with E-state index in [0.29, 0.717) is 6.04 Å². The first-order valence-electron chi connectivity index (χ1n) is 7.34. The third kappa shape index (κ3) is 3.98. The van der Waals surface area contributed by atoms with Gasteiger partial charge in [-0.15, -0.1) is 0 Å². The summed E-state index contributed by atoms with van der Waals surface area (Å²) in [6.45, 7) is 5.22. The first-order valence-corrected chi connectivity index (χ1v) is 7.34. The highest BCUT2D eigenvalue weighted by molar-refractivity contribution is 5.94. The molecule has 1 aliphatic carbocycles. The van der Waals surface area contributed by atoms with Gasteiger partial charge in [-0.2, -0.15) is 0 Å². The molecule has 1 aliphatic rings. The fraction of sp³-hybridized carbons (Fsp3) is 0.562. The van der Waals surface area contributed by atoms with E-state index in [1.165, 1.54) is 12.8 Å². The third-order valence-corrected chi connectivity index (χ3v) is 3.80. The van der Waals surface area contributed by atoms with Crippen molar-refractivity contribution in [2.45, 2.75) is 45.6 Å². The molecule has 0 aliphatic heterocycles. The van der Waals surface area contributed by atoms with Crippen LogP contribution in [-0.4, -0.2) is 18.5 Å². The highest BCUT2D eigenvalue weighted by atomic mass is 16.1. The van der Waals surface area contributed by atoms with Crippen LogP contribution in [0.3, 0.4) is 0 Å². The Bertz CT molecular complexity index is 413. The molecule has 0 saturated heterocycles. The minimum absolute atomic E-state index is 0.0575. The van der Waals surface area contributed by atoms with Gasteiger partial charge in [-0.25, -0.2) is 0 Å². The van der Waals surface area contributed by atoms with Gasteiger partial charge in [0.1, 0.15) is 0 Å². The standard InChI is InChI=1S/C16H24N2O/c1-3-17-14-9-7-13(8-10-14)16(19)18-15-6-4-5-12(2)11-15/h7-10,12,15,17H,3-6,11H2,1-2H3,(H,18,19). The first-order chi connectivity index (χ1) is 9.19. The molecule has 1 amide bonds. The normalized spacial score (nSPS) is 22.8. The van der Waals surface area contributed by atoms with Crippen LogP contribution in [0, 0.1) is 5.92 Å². The number of hydrogen-bond acceptors (Lipinski definition) is 2. The molecule has 1 aromatic rings. The Balaban J connectivity index is 1.91. The van der Waals surface area contributed by atoms with Gasteiger partial charge >= 0.3 is 0 Å². The van der Waals surface area contributed by atoms with Crippen molar-refractivity contribution >= 4 is 11.6 Å². The maximum Gasteiger partial charge on any atom is 0.251 e. The molecule has 3 heteroatoms. The molecule has 2 N–H and O–H groups in total. The van der Waals surface area contributed by atoms with E-state index in [2.05, 4.69) is 24.5 Å². The smallest absolute Gasteiger partial charge is 0.251 e. The Kier molecular flexibility index (Phi) is 4.83. The number of carbonyl (C=O) groups excluding carboxylic acids is 1. The number of amides is 1. The Morgan fingerprint density at radius 2 is 2.00 bits per heavy atom. The van der Waals surface area contributed by atoms with Gasteiger partial charge in [0, 0.05) is 23.8 Å². The van der Waals surface area contributed by atoms with Crippen molar-refractivity contribution in [1.82, 2.24) is 5.32 Å². The monoisotopic (exact) mass is 260 g/mol. The van der Waals surface area contributed by atoms with Gasteiger partial charge in [0.25, 0.3) is 5.91 Å². The first kappa shape index (κ1) is 13.9. The zero-order chi connectivity index (χ0) is 13.7. The zero-order valence-electron chi connectivity index (χ0n) is 11.9. The number of hydrogen-bond donors (Lipinski definition) is 2. The molecule has 2 unspecified atom stereocenters. The van der Waals surface area contributed by atoms with Crippen LogP contribution in [-0.2, 0) is 0 Å². The van der Waals surface area contributed by atoms with Gasteiger partial charge in [0.05, 0.1) is 0 Å². The Morgan fingerprint density at radius 3 is 2.63 bits per heavy atom. The topological polar surface area (TPSA) is 41.1 Å². The van der Waals surface area contributed by atoms with Crippen molar-refractivity contribution < 1.29 is 4.79 Å². The molecular formula is C16H24N2O. The van der Waals surface area contributed by atoms with Crippen molar-refractivity contribution in [2.75, 3.05) is 11.9 Å². The fourth-order valence-electron chi connectivity index (χ4n) is 2.78. The Labute approximate surface area is 115 Å². The molecule has 3 nitrogen and oxygen atoms in total. The quantitative estimate of drug-likeness (QED) is 0.871. The molecule has 1 saturated carbocycles. The lowest BCUT2D eigenvalue weighted by Crippen LogP contribution is -2.37. The number of rotatable bonds is 4. The summed E-state index contributed by atoms with van der Waals surface area (Å²) in [6.07, 6.45) is 4.75. The number of carbonyl (C=O) groups is 1. The molecule has 2 rings (SSSR count). The van der Waals surface area contributed by atoms with Crippen LogP contribution in [0.5, 0.6) is 0 Å². The van der Waals surface area contributed by atoms with E-state index in [4.69, 9.17) is 0 Å². The molecule has 1 fully saturated rings. The highest BCUT2D eigenvalue weighted by Crippen LogP contribution is 2.23. The summed E-state index contributed by atoms with van der Waals surface area (Å²) in [5.41, 5.74) is 1.81. The van der Waals surface area contributed by atoms with Crippen molar-refractivity contribution in [3.63, 3.8) is 0 Å². The lowest BCUT2D eigenvalue weighted by atomic mass is 9.87. The summed E-state index contributed by atoms with van der Waals surface area (Å²) < 4.78 is 0. The second kappa shape index (κ2) is 6.60. The van der Waals surface area contributed by atoms with Crippen LogP contribution in [0.1, 0.15) is 49.9 Å². The van der Waals surface area contributed by atoms with Crippen molar-refractivity contribution in [3.8, 4) is 0 Å². The second-order valence-corrected chi connectivity index (χ2v) is 5.55. The van der Waals surface area contributed by atoms with E-state index < -0.39 is 0 Å². The SMILES string of the molecule is CCNc1ccc(C(=O)NC2CCCC(C)C2)cc1. The maximum absolute atomic E-state index is 12.2. The van der Waals surface area contributed by atoms with Crippen molar-refractivity contribution in [3.05, 3.63) is 29.8 Å². The van der Waals surface area contributed by atoms with Gasteiger partial charge in [0.2, 0.25) is 0 Å². The summed E-state index contributed by atoms with van der Waals surface area (Å²) in [4.78, 5) is 12.2. The van der Waals surface area contributed by atoms with Gasteiger partial charge in [-0.1, -0.05) is 19.8 Å². The molecular weight excluding hydrogens is 236 g/mol. The van der Waals surface area contributed by atoms with Gasteiger partial charge < -0.3 is 10.6 Å². The molecule has 0 aromatic heterocycles. The Morgan fingerprint density at radius 1 is 1.26 bits per heavy atom. The minimum Gasteiger partial charge on any atom is -0.385 e. The van der Waals surface area contributed by atoms with Gasteiger partial charge in [0.15, 0.2) is 0 Å². The van der Waals surface area contributed by atoms with E-state index in [0.717, 1.165) is 36.6 Å². The van der Waals surface area contributed by atoms with Crippen LogP contribution in [0.15, 0.2) is 24.3 Å². The molecule has 2 atom stereocenters. The lowest BCUT2D eigenvalue weighted by molar-refractivity contribution is 0.0921. The average Bonchev–Trinajstić information content (AvgIpc) is 2.40. The van der Waals surface area contributed by atoms with E-state index in [1.807, 2.05) is 24.3 Å². The zero-order valence-corrected chi connectivity index (χ0v) is 11.9. The molecule has 0 bridgehead atoms. The molecule has 1 aromatic carbocycles. The predicted octanol–water partition coefficient (Wildman–Crippen LogP) is 3.43. The summed E-state index contributed by atoms with van der Waals surface area (Å²) >= 11 is 0. The van der Waals surface area contributed by atoms with E-state index in [1.54, 1.807) is 0 Å². The third-order valence-electron chi connectivity index (χ3n) is 3.80. The van der Waals surface area contributed by atoms with Crippen LogP contribution < -0.4 is 10.6 Å². The van der Waals surface area contributed by atoms with E-state index in [9.17, 15) is 4.79 Å². The number of benzene rings is 1. The van der Waals surface area contributed by atoms with E-state index >= 15 is 0 Å². The predicted molar refractivity (Wildman–Crippen MR) is 79.5 cm³/mol. The molecule has 19 heavy (non-hydrogen) atoms. The molecule has 0 spiro atoms. The van der Waals surface area contributed by atoms with Crippen LogP contribution in [0.25, 0.3) is 0 Å².